The van der Waals surface area contributed by atoms with Crippen LogP contribution in [0.25, 0.3) is 103 Å². The highest BCUT2D eigenvalue weighted by Crippen LogP contribution is 2.47. The van der Waals surface area contributed by atoms with Crippen LogP contribution in [0.2, 0.25) is 5.02 Å². The first kappa shape index (κ1) is 30.1. The minimum absolute atomic E-state index is 0.697. The highest BCUT2D eigenvalue weighted by Gasteiger charge is 2.24. The van der Waals surface area contributed by atoms with Gasteiger partial charge in [0.2, 0.25) is 0 Å². The van der Waals surface area contributed by atoms with Gasteiger partial charge in [0.15, 0.2) is 5.82 Å². The number of hydrogen-bond donors (Lipinski definition) is 0. The summed E-state index contributed by atoms with van der Waals surface area (Å²) in [6.45, 7) is 0. The number of hydrogen-bond acceptors (Lipinski definition) is 3. The molecule has 52 heavy (non-hydrogen) atoms. The van der Waals surface area contributed by atoms with Crippen molar-refractivity contribution in [2.75, 3.05) is 0 Å². The molecule has 0 fully saturated rings. The van der Waals surface area contributed by atoms with E-state index in [0.29, 0.717) is 10.8 Å². The monoisotopic (exact) mass is 765 g/mol. The van der Waals surface area contributed by atoms with E-state index in [0.717, 1.165) is 81.2 Å². The Morgan fingerprint density at radius 1 is 0.558 bits per heavy atom. The lowest BCUT2D eigenvalue weighted by Crippen LogP contribution is -1.99. The van der Waals surface area contributed by atoms with Gasteiger partial charge in [-0.25, -0.2) is 9.97 Å². The third-order valence-electron chi connectivity index (χ3n) is 10.3. The summed E-state index contributed by atoms with van der Waals surface area (Å²) >= 11 is 12.8. The van der Waals surface area contributed by atoms with Gasteiger partial charge in [-0.15, -0.1) is 11.3 Å². The van der Waals surface area contributed by atoms with Crippen LogP contribution in [0.1, 0.15) is 0 Å². The van der Waals surface area contributed by atoms with Crippen molar-refractivity contribution in [3.63, 3.8) is 0 Å². The van der Waals surface area contributed by atoms with Crippen LogP contribution in [0.4, 0.5) is 0 Å². The van der Waals surface area contributed by atoms with Gasteiger partial charge in [-0.3, -0.25) is 0 Å². The van der Waals surface area contributed by atoms with Crippen molar-refractivity contribution >= 4 is 113 Å². The van der Waals surface area contributed by atoms with Crippen LogP contribution < -0.4 is 0 Å². The normalized spacial score (nSPS) is 12.0. The first-order valence-electron chi connectivity index (χ1n) is 17.1. The summed E-state index contributed by atoms with van der Waals surface area (Å²) in [5.74, 6) is 0.717. The minimum atomic E-state index is 0.697. The molecule has 244 valence electrons. The van der Waals surface area contributed by atoms with Gasteiger partial charge in [-0.05, 0) is 59.3 Å². The lowest BCUT2D eigenvalue weighted by molar-refractivity contribution is 1.20. The molecule has 3 aromatic heterocycles. The molecule has 0 amide bonds. The molecule has 11 rings (SSSR count). The fourth-order valence-electron chi connectivity index (χ4n) is 8.06. The number of para-hydroxylation sites is 2. The zero-order valence-corrected chi connectivity index (χ0v) is 30.6. The minimum Gasteiger partial charge on any atom is -0.306 e. The van der Waals surface area contributed by atoms with Gasteiger partial charge in [-0.1, -0.05) is 131 Å². The summed E-state index contributed by atoms with van der Waals surface area (Å²) in [5, 5.41) is 10.9. The SMILES string of the molecule is Clc1ccc2ccccc2c1-n1c2ccccc2c2c(-c3nc(-c4cccc5c4sc4ccccc45)nc4ccccc34)cc3cc(Br)ccc3c21. The van der Waals surface area contributed by atoms with Gasteiger partial charge in [0.05, 0.1) is 33.0 Å². The predicted molar refractivity (Wildman–Crippen MR) is 225 cm³/mol. The fourth-order valence-corrected chi connectivity index (χ4v) is 9.90. The number of benzene rings is 8. The van der Waals surface area contributed by atoms with Crippen LogP contribution in [-0.2, 0) is 0 Å². The van der Waals surface area contributed by atoms with Crippen LogP contribution in [0.15, 0.2) is 156 Å². The zero-order valence-electron chi connectivity index (χ0n) is 27.4. The zero-order chi connectivity index (χ0) is 34.5. The van der Waals surface area contributed by atoms with E-state index in [1.165, 1.54) is 20.2 Å². The van der Waals surface area contributed by atoms with Crippen molar-refractivity contribution in [1.29, 1.82) is 0 Å². The maximum absolute atomic E-state index is 7.22. The molecule has 0 atom stereocenters. The smallest absolute Gasteiger partial charge is 0.161 e. The third-order valence-corrected chi connectivity index (χ3v) is 12.3. The molecule has 0 bridgehead atoms. The second kappa shape index (κ2) is 11.5. The Kier molecular flexibility index (Phi) is 6.63. The molecule has 0 N–H and O–H groups in total. The average molecular weight is 767 g/mol. The molecule has 0 aliphatic rings. The summed E-state index contributed by atoms with van der Waals surface area (Å²) in [6, 6.07) is 53.6. The van der Waals surface area contributed by atoms with Gasteiger partial charge >= 0.3 is 0 Å². The van der Waals surface area contributed by atoms with Crippen molar-refractivity contribution < 1.29 is 0 Å². The number of nitrogens with zero attached hydrogens (tertiary/aromatic N) is 3. The van der Waals surface area contributed by atoms with Gasteiger partial charge in [-0.2, -0.15) is 0 Å². The quantitative estimate of drug-likeness (QED) is 0.179. The highest BCUT2D eigenvalue weighted by atomic mass is 79.9. The molecule has 6 heteroatoms. The van der Waals surface area contributed by atoms with E-state index in [2.05, 4.69) is 166 Å². The average Bonchev–Trinajstić information content (AvgIpc) is 3.73. The maximum Gasteiger partial charge on any atom is 0.161 e. The Morgan fingerprint density at radius 2 is 1.31 bits per heavy atom. The van der Waals surface area contributed by atoms with Crippen molar-refractivity contribution in [2.24, 2.45) is 0 Å². The van der Waals surface area contributed by atoms with Crippen molar-refractivity contribution in [1.82, 2.24) is 14.5 Å². The Morgan fingerprint density at radius 3 is 2.21 bits per heavy atom. The highest BCUT2D eigenvalue weighted by molar-refractivity contribution is 9.10. The number of rotatable bonds is 3. The fraction of sp³-hybridized carbons (Fsp3) is 0. The second-order valence-corrected chi connectivity index (χ2v) is 15.6. The van der Waals surface area contributed by atoms with E-state index < -0.39 is 0 Å². The van der Waals surface area contributed by atoms with Gasteiger partial charge < -0.3 is 4.57 Å². The largest absolute Gasteiger partial charge is 0.306 e. The Balaban J connectivity index is 1.32. The van der Waals surface area contributed by atoms with Crippen LogP contribution in [0, 0.1) is 0 Å². The van der Waals surface area contributed by atoms with Gasteiger partial charge in [0, 0.05) is 62.7 Å². The van der Waals surface area contributed by atoms with Crippen LogP contribution in [0.5, 0.6) is 0 Å². The molecule has 0 radical (unpaired) electrons. The summed E-state index contributed by atoms with van der Waals surface area (Å²) < 4.78 is 5.84. The second-order valence-electron chi connectivity index (χ2n) is 13.2. The lowest BCUT2D eigenvalue weighted by Gasteiger charge is -2.16. The number of halogens is 2. The molecule has 0 unspecified atom stereocenters. The van der Waals surface area contributed by atoms with Gasteiger partial charge in [0.1, 0.15) is 0 Å². The molecule has 0 saturated heterocycles. The number of fused-ring (bicyclic) bond motifs is 10. The summed E-state index contributed by atoms with van der Waals surface area (Å²) in [7, 11) is 0. The molecule has 3 nitrogen and oxygen atoms in total. The summed E-state index contributed by atoms with van der Waals surface area (Å²) in [5.41, 5.74) is 7.04. The molecule has 0 aliphatic heterocycles. The molecular formula is C46H25BrClN3S. The Hall–Kier alpha value is -5.59. The van der Waals surface area contributed by atoms with E-state index in [1.807, 2.05) is 6.07 Å². The maximum atomic E-state index is 7.22. The van der Waals surface area contributed by atoms with E-state index in [4.69, 9.17) is 21.6 Å². The van der Waals surface area contributed by atoms with E-state index >= 15 is 0 Å². The number of thiophene rings is 1. The molecule has 0 aliphatic carbocycles. The third kappa shape index (κ3) is 4.37. The molecular weight excluding hydrogens is 742 g/mol. The molecule has 3 heterocycles. The van der Waals surface area contributed by atoms with Crippen molar-refractivity contribution in [3.8, 4) is 28.3 Å². The standard InChI is InChI=1S/C46H25BrClN3S/c47-28-21-22-30-27(24-28)25-36(41-34-14-4-7-18-39(34)51(44(30)41)43-29-11-2-1-10-26(29)20-23-37(43)48)42-33-13-3-6-17-38(33)49-46(50-42)35-16-9-15-32-31-12-5-8-19-40(31)52-45(32)35/h1-25H. The van der Waals surface area contributed by atoms with E-state index in [-0.39, 0.29) is 0 Å². The molecule has 11 aromatic rings. The molecule has 0 spiro atoms. The molecule has 8 aromatic carbocycles. The van der Waals surface area contributed by atoms with E-state index in [1.54, 1.807) is 11.3 Å². The summed E-state index contributed by atoms with van der Waals surface area (Å²) in [4.78, 5) is 10.8. The van der Waals surface area contributed by atoms with E-state index in [9.17, 15) is 0 Å². The van der Waals surface area contributed by atoms with Crippen molar-refractivity contribution in [2.45, 2.75) is 0 Å². The summed E-state index contributed by atoms with van der Waals surface area (Å²) in [6.07, 6.45) is 0. The topological polar surface area (TPSA) is 30.7 Å². The first-order valence-corrected chi connectivity index (χ1v) is 19.1. The Labute approximate surface area is 315 Å². The Bertz CT molecular complexity index is 3290. The molecule has 0 saturated carbocycles. The first-order chi connectivity index (χ1) is 25.6. The van der Waals surface area contributed by atoms with Crippen LogP contribution >= 0.6 is 38.9 Å². The van der Waals surface area contributed by atoms with Gasteiger partial charge in [0.25, 0.3) is 0 Å². The van der Waals surface area contributed by atoms with Crippen LogP contribution in [0.3, 0.4) is 0 Å². The predicted octanol–water partition coefficient (Wildman–Crippen LogP) is 14.2. The number of aromatic nitrogens is 3. The van der Waals surface area contributed by atoms with Crippen LogP contribution in [-0.4, -0.2) is 14.5 Å². The van der Waals surface area contributed by atoms with Crippen molar-refractivity contribution in [3.05, 3.63) is 161 Å². The lowest BCUT2D eigenvalue weighted by atomic mass is 9.96.